The number of hydrogen-bond donors (Lipinski definition) is 7. The summed E-state index contributed by atoms with van der Waals surface area (Å²) < 4.78 is 0. The summed E-state index contributed by atoms with van der Waals surface area (Å²) in [7, 11) is 0. The lowest BCUT2D eigenvalue weighted by Gasteiger charge is -2.23. The van der Waals surface area contributed by atoms with Gasteiger partial charge in [0.25, 0.3) is 0 Å². The molecule has 0 spiro atoms. The van der Waals surface area contributed by atoms with Gasteiger partial charge in [0.1, 0.15) is 18.1 Å². The fourth-order valence-electron chi connectivity index (χ4n) is 1.86. The third-order valence-corrected chi connectivity index (χ3v) is 3.43. The molecule has 148 valence electrons. The van der Waals surface area contributed by atoms with Crippen molar-refractivity contribution in [3.8, 4) is 0 Å². The lowest BCUT2D eigenvalue weighted by molar-refractivity contribution is -0.142. The summed E-state index contributed by atoms with van der Waals surface area (Å²) in [5.41, 5.74) is 15.4. The van der Waals surface area contributed by atoms with Gasteiger partial charge >= 0.3 is 5.97 Å². The number of rotatable bonds is 12. The van der Waals surface area contributed by atoms with Crippen molar-refractivity contribution in [1.82, 2.24) is 10.6 Å². The molecule has 0 aliphatic carbocycles. The first-order chi connectivity index (χ1) is 12.0. The van der Waals surface area contributed by atoms with Crippen molar-refractivity contribution < 1.29 is 34.2 Å². The molecule has 0 heterocycles. The summed E-state index contributed by atoms with van der Waals surface area (Å²) in [4.78, 5) is 57.1. The number of carboxylic acids is 1. The quantitative estimate of drug-likeness (QED) is 0.179. The summed E-state index contributed by atoms with van der Waals surface area (Å²) in [6.07, 6.45) is -2.19. The zero-order chi connectivity index (χ0) is 20.4. The maximum atomic E-state index is 12.3. The predicted molar refractivity (Wildman–Crippen MR) is 88.0 cm³/mol. The number of hydrogen-bond acceptors (Lipinski definition) is 7. The summed E-state index contributed by atoms with van der Waals surface area (Å²) in [6, 6.07) is -4.06. The molecule has 26 heavy (non-hydrogen) atoms. The average Bonchev–Trinajstić information content (AvgIpc) is 2.53. The van der Waals surface area contributed by atoms with E-state index in [1.165, 1.54) is 6.92 Å². The predicted octanol–water partition coefficient (Wildman–Crippen LogP) is -3.72. The van der Waals surface area contributed by atoms with Crippen LogP contribution < -0.4 is 27.8 Å². The summed E-state index contributed by atoms with van der Waals surface area (Å²) in [5, 5.41) is 22.8. The van der Waals surface area contributed by atoms with Gasteiger partial charge in [-0.1, -0.05) is 0 Å². The number of aliphatic hydroxyl groups is 1. The molecule has 0 aromatic rings. The molecule has 12 heteroatoms. The van der Waals surface area contributed by atoms with Crippen LogP contribution in [0, 0.1) is 0 Å². The number of carbonyl (C=O) groups is 5. The zero-order valence-electron chi connectivity index (χ0n) is 14.3. The minimum Gasteiger partial charge on any atom is -0.480 e. The Morgan fingerprint density at radius 1 is 0.885 bits per heavy atom. The molecule has 0 saturated heterocycles. The van der Waals surface area contributed by atoms with Crippen LogP contribution in [0.5, 0.6) is 0 Å². The number of carbonyl (C=O) groups excluding carboxylic acids is 4. The van der Waals surface area contributed by atoms with Crippen molar-refractivity contribution in [2.45, 2.75) is 56.8 Å². The van der Waals surface area contributed by atoms with Crippen LogP contribution in [0.3, 0.4) is 0 Å². The Bertz CT molecular complexity index is 552. The van der Waals surface area contributed by atoms with E-state index in [9.17, 15) is 29.1 Å². The molecule has 0 aliphatic rings. The second-order valence-electron chi connectivity index (χ2n) is 5.74. The Balaban J connectivity index is 5.11. The van der Waals surface area contributed by atoms with Crippen molar-refractivity contribution in [3.63, 3.8) is 0 Å². The van der Waals surface area contributed by atoms with E-state index < -0.39 is 53.8 Å². The highest BCUT2D eigenvalue weighted by atomic mass is 16.4. The highest BCUT2D eigenvalue weighted by Gasteiger charge is 2.29. The third-order valence-electron chi connectivity index (χ3n) is 3.43. The maximum absolute atomic E-state index is 12.3. The lowest BCUT2D eigenvalue weighted by atomic mass is 10.1. The molecule has 0 aromatic heterocycles. The molecule has 0 rings (SSSR count). The smallest absolute Gasteiger partial charge is 0.326 e. The molecule has 12 nitrogen and oxygen atoms in total. The molecule has 0 aromatic carbocycles. The first kappa shape index (κ1) is 23.3. The van der Waals surface area contributed by atoms with Gasteiger partial charge in [0.05, 0.1) is 6.10 Å². The van der Waals surface area contributed by atoms with E-state index in [0.29, 0.717) is 0 Å². The van der Waals surface area contributed by atoms with E-state index in [2.05, 4.69) is 10.6 Å². The number of carboxylic acid groups (broad SMARTS) is 1. The van der Waals surface area contributed by atoms with E-state index >= 15 is 0 Å². The minimum absolute atomic E-state index is 0.207. The van der Waals surface area contributed by atoms with E-state index in [0.717, 1.165) is 0 Å². The third kappa shape index (κ3) is 8.94. The van der Waals surface area contributed by atoms with Gasteiger partial charge in [0.15, 0.2) is 0 Å². The van der Waals surface area contributed by atoms with Crippen molar-refractivity contribution in [2.75, 3.05) is 0 Å². The van der Waals surface area contributed by atoms with Crippen molar-refractivity contribution >= 4 is 29.6 Å². The molecule has 0 aliphatic heterocycles. The standard InChI is InChI=1S/C14H25N5O7/c1-6(20)11(17)13(24)18-7(2-4-9(15)21)12(23)19-8(14(25)26)3-5-10(16)22/h6-8,11,20H,2-5,17H2,1H3,(H2,15,21)(H2,16,22)(H,18,24)(H,19,23)(H,25,26)/t6-,7+,8+,11+/m1/s1. The SMILES string of the molecule is C[C@@H](O)[C@H](N)C(=O)N[C@@H](CCC(N)=O)C(=O)N[C@@H](CCC(N)=O)C(=O)O. The number of amides is 4. The molecule has 0 radical (unpaired) electrons. The molecule has 10 N–H and O–H groups in total. The molecule has 0 saturated carbocycles. The fraction of sp³-hybridized carbons (Fsp3) is 0.643. The van der Waals surface area contributed by atoms with Gasteiger partial charge in [-0.3, -0.25) is 19.2 Å². The monoisotopic (exact) mass is 375 g/mol. The molecule has 4 amide bonds. The number of aliphatic hydroxyl groups excluding tert-OH is 1. The molecule has 0 bridgehead atoms. The topological polar surface area (TPSA) is 228 Å². The van der Waals surface area contributed by atoms with Gasteiger partial charge in [-0.2, -0.15) is 0 Å². The first-order valence-electron chi connectivity index (χ1n) is 7.79. The average molecular weight is 375 g/mol. The van der Waals surface area contributed by atoms with Gasteiger partial charge < -0.3 is 38.0 Å². The highest BCUT2D eigenvalue weighted by Crippen LogP contribution is 2.03. The van der Waals surface area contributed by atoms with E-state index in [-0.39, 0.29) is 25.7 Å². The van der Waals surface area contributed by atoms with Gasteiger partial charge in [-0.15, -0.1) is 0 Å². The second kappa shape index (κ2) is 11.0. The second-order valence-corrected chi connectivity index (χ2v) is 5.74. The van der Waals surface area contributed by atoms with Gasteiger partial charge in [0.2, 0.25) is 23.6 Å². The van der Waals surface area contributed by atoms with Crippen LogP contribution in [0.1, 0.15) is 32.6 Å². The lowest BCUT2D eigenvalue weighted by Crippen LogP contribution is -2.56. The van der Waals surface area contributed by atoms with E-state index in [4.69, 9.17) is 22.3 Å². The normalized spacial score (nSPS) is 15.2. The number of nitrogens with two attached hydrogens (primary N) is 3. The first-order valence-corrected chi connectivity index (χ1v) is 7.79. The fourth-order valence-corrected chi connectivity index (χ4v) is 1.86. The van der Waals surface area contributed by atoms with Crippen LogP contribution in [-0.4, -0.2) is 64.0 Å². The van der Waals surface area contributed by atoms with Crippen LogP contribution in [0.4, 0.5) is 0 Å². The molecule has 4 atom stereocenters. The van der Waals surface area contributed by atoms with E-state index in [1.54, 1.807) is 0 Å². The zero-order valence-corrected chi connectivity index (χ0v) is 14.3. The van der Waals surface area contributed by atoms with Crippen molar-refractivity contribution in [2.24, 2.45) is 17.2 Å². The molecule has 0 fully saturated rings. The van der Waals surface area contributed by atoms with Crippen LogP contribution >= 0.6 is 0 Å². The Morgan fingerprint density at radius 3 is 1.69 bits per heavy atom. The summed E-state index contributed by atoms with van der Waals surface area (Å²) >= 11 is 0. The van der Waals surface area contributed by atoms with Crippen molar-refractivity contribution in [3.05, 3.63) is 0 Å². The van der Waals surface area contributed by atoms with Crippen LogP contribution in [0.2, 0.25) is 0 Å². The van der Waals surface area contributed by atoms with E-state index in [1.807, 2.05) is 0 Å². The van der Waals surface area contributed by atoms with Crippen LogP contribution in [-0.2, 0) is 24.0 Å². The van der Waals surface area contributed by atoms with Gasteiger partial charge in [-0.25, -0.2) is 4.79 Å². The summed E-state index contributed by atoms with van der Waals surface area (Å²) in [5.74, 6) is -4.66. The summed E-state index contributed by atoms with van der Waals surface area (Å²) in [6.45, 7) is 1.27. The van der Waals surface area contributed by atoms with Crippen LogP contribution in [0.15, 0.2) is 0 Å². The molecular formula is C14H25N5O7. The number of primary amides is 2. The molecule has 0 unspecified atom stereocenters. The largest absolute Gasteiger partial charge is 0.480 e. The Hall–Kier alpha value is -2.73. The van der Waals surface area contributed by atoms with Crippen LogP contribution in [0.25, 0.3) is 0 Å². The van der Waals surface area contributed by atoms with Gasteiger partial charge in [0, 0.05) is 12.8 Å². The highest BCUT2D eigenvalue weighted by molar-refractivity contribution is 5.92. The Morgan fingerprint density at radius 2 is 1.31 bits per heavy atom. The van der Waals surface area contributed by atoms with Crippen molar-refractivity contribution in [1.29, 1.82) is 0 Å². The molecular weight excluding hydrogens is 350 g/mol. The Labute approximate surface area is 149 Å². The number of aliphatic carboxylic acids is 1. The van der Waals surface area contributed by atoms with Gasteiger partial charge in [-0.05, 0) is 19.8 Å². The Kier molecular flexibility index (Phi) is 9.84. The maximum Gasteiger partial charge on any atom is 0.326 e. The number of nitrogens with one attached hydrogen (secondary N) is 2. The minimum atomic E-state index is -1.42.